The van der Waals surface area contributed by atoms with Gasteiger partial charge in [0.2, 0.25) is 5.91 Å². The van der Waals surface area contributed by atoms with Crippen LogP contribution in [-0.4, -0.2) is 19.0 Å². The van der Waals surface area contributed by atoms with Gasteiger partial charge in [-0.2, -0.15) is 0 Å². The summed E-state index contributed by atoms with van der Waals surface area (Å²) in [6.45, 7) is 3.47. The number of halogens is 1. The molecule has 1 aromatic rings. The van der Waals surface area contributed by atoms with Crippen molar-refractivity contribution in [3.63, 3.8) is 0 Å². The minimum atomic E-state index is -0.249. The van der Waals surface area contributed by atoms with Crippen LogP contribution in [0, 0.1) is 5.82 Å². The predicted molar refractivity (Wildman–Crippen MR) is 65.9 cm³/mol. The molecule has 3 N–H and O–H groups in total. The fourth-order valence-corrected chi connectivity index (χ4v) is 1.65. The van der Waals surface area contributed by atoms with Crippen LogP contribution in [-0.2, 0) is 4.79 Å². The highest BCUT2D eigenvalue weighted by molar-refractivity contribution is 5.75. The maximum Gasteiger partial charge on any atom is 0.233 e. The van der Waals surface area contributed by atoms with E-state index in [1.165, 1.54) is 12.1 Å². The van der Waals surface area contributed by atoms with Crippen LogP contribution in [0.25, 0.3) is 0 Å². The molecular formula is C12H18FN3O. The third-order valence-electron chi connectivity index (χ3n) is 2.55. The average molecular weight is 239 g/mol. The summed E-state index contributed by atoms with van der Waals surface area (Å²) in [5, 5.41) is 0. The summed E-state index contributed by atoms with van der Waals surface area (Å²) in [4.78, 5) is 13.0. The molecule has 1 rings (SSSR count). The van der Waals surface area contributed by atoms with Crippen LogP contribution in [0.4, 0.5) is 10.1 Å². The topological polar surface area (TPSA) is 58.4 Å². The summed E-state index contributed by atoms with van der Waals surface area (Å²) >= 11 is 0. The lowest BCUT2D eigenvalue weighted by atomic mass is 10.2. The molecule has 94 valence electrons. The standard InChI is InChI=1S/C12H18FN3O/c1-2-16(8-4-7-12(17)15-14)11-6-3-5-10(13)9-11/h3,5-6,9H,2,4,7-8,14H2,1H3,(H,15,17). The zero-order chi connectivity index (χ0) is 12.7. The highest BCUT2D eigenvalue weighted by Gasteiger charge is 2.06. The SMILES string of the molecule is CCN(CCCC(=O)NN)c1cccc(F)c1. The first-order valence-electron chi connectivity index (χ1n) is 5.67. The lowest BCUT2D eigenvalue weighted by Gasteiger charge is -2.22. The summed E-state index contributed by atoms with van der Waals surface area (Å²) in [7, 11) is 0. The molecular weight excluding hydrogens is 221 g/mol. The molecule has 17 heavy (non-hydrogen) atoms. The number of carbonyl (C=O) groups excluding carboxylic acids is 1. The number of benzene rings is 1. The van der Waals surface area contributed by atoms with Crippen LogP contribution in [0.2, 0.25) is 0 Å². The second-order valence-corrected chi connectivity index (χ2v) is 3.73. The van der Waals surface area contributed by atoms with E-state index in [0.717, 1.165) is 12.2 Å². The second kappa shape index (κ2) is 6.85. The minimum Gasteiger partial charge on any atom is -0.372 e. The van der Waals surface area contributed by atoms with E-state index < -0.39 is 0 Å². The molecule has 0 bridgehead atoms. The molecule has 0 atom stereocenters. The normalized spacial score (nSPS) is 10.1. The lowest BCUT2D eigenvalue weighted by molar-refractivity contribution is -0.121. The summed E-state index contributed by atoms with van der Waals surface area (Å²) in [5.41, 5.74) is 2.92. The molecule has 1 aromatic carbocycles. The first-order chi connectivity index (χ1) is 8.17. The van der Waals surface area contributed by atoms with Crippen LogP contribution in [0.1, 0.15) is 19.8 Å². The molecule has 0 aliphatic rings. The Labute approximate surface area is 101 Å². The van der Waals surface area contributed by atoms with Crippen molar-refractivity contribution in [1.29, 1.82) is 0 Å². The number of nitrogens with zero attached hydrogens (tertiary/aromatic N) is 1. The molecule has 0 radical (unpaired) electrons. The molecule has 0 aliphatic carbocycles. The number of carbonyl (C=O) groups is 1. The van der Waals surface area contributed by atoms with Gasteiger partial charge in [0, 0.05) is 25.2 Å². The lowest BCUT2D eigenvalue weighted by Crippen LogP contribution is -2.31. The van der Waals surface area contributed by atoms with E-state index in [-0.39, 0.29) is 11.7 Å². The van der Waals surface area contributed by atoms with Crippen molar-refractivity contribution in [2.45, 2.75) is 19.8 Å². The first kappa shape index (κ1) is 13.4. The fourth-order valence-electron chi connectivity index (χ4n) is 1.65. The van der Waals surface area contributed by atoms with Gasteiger partial charge in [-0.3, -0.25) is 10.2 Å². The number of rotatable bonds is 6. The first-order valence-corrected chi connectivity index (χ1v) is 5.67. The van der Waals surface area contributed by atoms with Gasteiger partial charge >= 0.3 is 0 Å². The van der Waals surface area contributed by atoms with Crippen LogP contribution in [0.5, 0.6) is 0 Å². The molecule has 0 saturated carbocycles. The Balaban J connectivity index is 2.51. The van der Waals surface area contributed by atoms with Gasteiger partial charge in [-0.25, -0.2) is 10.2 Å². The smallest absolute Gasteiger partial charge is 0.233 e. The number of hydrogen-bond donors (Lipinski definition) is 2. The van der Waals surface area contributed by atoms with E-state index in [9.17, 15) is 9.18 Å². The van der Waals surface area contributed by atoms with Gasteiger partial charge in [0.1, 0.15) is 5.82 Å². The third kappa shape index (κ3) is 4.40. The van der Waals surface area contributed by atoms with Gasteiger partial charge in [0.15, 0.2) is 0 Å². The summed E-state index contributed by atoms with van der Waals surface area (Å²) in [5.74, 6) is 4.56. The maximum atomic E-state index is 13.1. The number of hydrazine groups is 1. The van der Waals surface area contributed by atoms with Gasteiger partial charge in [-0.15, -0.1) is 0 Å². The number of hydrogen-bond acceptors (Lipinski definition) is 3. The van der Waals surface area contributed by atoms with Gasteiger partial charge in [0.25, 0.3) is 0 Å². The molecule has 0 fully saturated rings. The quantitative estimate of drug-likeness (QED) is 0.448. The van der Waals surface area contributed by atoms with E-state index in [1.54, 1.807) is 6.07 Å². The highest BCUT2D eigenvalue weighted by Crippen LogP contribution is 2.15. The molecule has 1 amide bonds. The number of nitrogens with one attached hydrogen (secondary N) is 1. The summed E-state index contributed by atoms with van der Waals surface area (Å²) in [6.07, 6.45) is 1.07. The molecule has 0 spiro atoms. The van der Waals surface area contributed by atoms with Crippen molar-refractivity contribution < 1.29 is 9.18 Å². The molecule has 5 heteroatoms. The van der Waals surface area contributed by atoms with E-state index in [0.29, 0.717) is 19.4 Å². The largest absolute Gasteiger partial charge is 0.372 e. The maximum absolute atomic E-state index is 13.1. The molecule has 0 aliphatic heterocycles. The number of nitrogens with two attached hydrogens (primary N) is 1. The van der Waals surface area contributed by atoms with Crippen LogP contribution < -0.4 is 16.2 Å². The van der Waals surface area contributed by atoms with Gasteiger partial charge in [-0.1, -0.05) is 6.07 Å². The van der Waals surface area contributed by atoms with Gasteiger partial charge in [-0.05, 0) is 31.5 Å². The zero-order valence-electron chi connectivity index (χ0n) is 9.95. The predicted octanol–water partition coefficient (Wildman–Crippen LogP) is 1.42. The van der Waals surface area contributed by atoms with Crippen molar-refractivity contribution in [2.75, 3.05) is 18.0 Å². The number of amides is 1. The zero-order valence-corrected chi connectivity index (χ0v) is 9.95. The summed E-state index contributed by atoms with van der Waals surface area (Å²) in [6, 6.07) is 6.45. The second-order valence-electron chi connectivity index (χ2n) is 3.73. The number of anilines is 1. The Hall–Kier alpha value is -1.62. The van der Waals surface area contributed by atoms with E-state index in [4.69, 9.17) is 5.84 Å². The monoisotopic (exact) mass is 239 g/mol. The van der Waals surface area contributed by atoms with Gasteiger partial charge < -0.3 is 4.90 Å². The molecule has 0 saturated heterocycles. The average Bonchev–Trinajstić information content (AvgIpc) is 2.34. The Bertz CT molecular complexity index is 371. The Morgan fingerprint density at radius 1 is 1.53 bits per heavy atom. The third-order valence-corrected chi connectivity index (χ3v) is 2.55. The van der Waals surface area contributed by atoms with E-state index in [1.807, 2.05) is 17.9 Å². The van der Waals surface area contributed by atoms with Crippen molar-refractivity contribution in [2.24, 2.45) is 5.84 Å². The van der Waals surface area contributed by atoms with E-state index in [2.05, 4.69) is 5.43 Å². The molecule has 0 unspecified atom stereocenters. The molecule has 0 heterocycles. The van der Waals surface area contributed by atoms with Crippen LogP contribution >= 0.6 is 0 Å². The fraction of sp³-hybridized carbons (Fsp3) is 0.417. The van der Waals surface area contributed by atoms with Crippen LogP contribution in [0.3, 0.4) is 0 Å². The van der Waals surface area contributed by atoms with Crippen molar-refractivity contribution in [1.82, 2.24) is 5.43 Å². The Morgan fingerprint density at radius 2 is 2.29 bits per heavy atom. The Kier molecular flexibility index (Phi) is 5.42. The van der Waals surface area contributed by atoms with Crippen molar-refractivity contribution in [3.05, 3.63) is 30.1 Å². The van der Waals surface area contributed by atoms with Crippen molar-refractivity contribution in [3.8, 4) is 0 Å². The Morgan fingerprint density at radius 3 is 2.88 bits per heavy atom. The van der Waals surface area contributed by atoms with Crippen molar-refractivity contribution >= 4 is 11.6 Å². The van der Waals surface area contributed by atoms with E-state index >= 15 is 0 Å². The summed E-state index contributed by atoms with van der Waals surface area (Å²) < 4.78 is 13.1. The molecule has 0 aromatic heterocycles. The highest BCUT2D eigenvalue weighted by atomic mass is 19.1. The molecule has 4 nitrogen and oxygen atoms in total. The van der Waals surface area contributed by atoms with Crippen LogP contribution in [0.15, 0.2) is 24.3 Å². The minimum absolute atomic E-state index is 0.180. The van der Waals surface area contributed by atoms with Gasteiger partial charge in [0.05, 0.1) is 0 Å².